The molecule has 2 bridgehead atoms. The monoisotopic (exact) mass is 532 g/mol. The molecule has 2 unspecified atom stereocenters. The molecular weight excluding hydrogens is 484 g/mol. The van der Waals surface area contributed by atoms with Crippen molar-refractivity contribution < 1.29 is 19.8 Å². The molecule has 5 rings (SSSR count). The standard InChI is InChI=1S/C35H48O4/c1-7-11-24-22(5)19-34(6)18-20(3)12-9-10-13-23-15-16-25-26(17-14-21(4)30(25)36)35(23,8-2)33(39)28-31(37)27(24)29(34)32(28)38/h9-10,15-16,18-19,21,23-27,29-30,36,38H,7-8,11-14,17H2,1-6H3/b10-9+,20-18+/t21-,23+,24+,25-,26+,27?,29?,30-,34-,35+/m0/s1. The maximum Gasteiger partial charge on any atom is 0.176 e. The van der Waals surface area contributed by atoms with Crippen LogP contribution in [0, 0.1) is 52.3 Å². The Bertz CT molecular complexity index is 1180. The number of hydrogen-bond acceptors (Lipinski definition) is 4. The first-order valence-corrected chi connectivity index (χ1v) is 15.4. The quantitative estimate of drug-likeness (QED) is 0.292. The summed E-state index contributed by atoms with van der Waals surface area (Å²) in [5.74, 6) is -1.19. The first-order chi connectivity index (χ1) is 18.5. The molecular formula is C35H48O4. The van der Waals surface area contributed by atoms with Crippen molar-refractivity contribution in [1.29, 1.82) is 0 Å². The van der Waals surface area contributed by atoms with E-state index in [0.29, 0.717) is 12.8 Å². The van der Waals surface area contributed by atoms with Crippen LogP contribution in [0.1, 0.15) is 86.5 Å². The van der Waals surface area contributed by atoms with E-state index in [1.807, 2.05) is 0 Å². The number of aliphatic hydroxyl groups is 2. The summed E-state index contributed by atoms with van der Waals surface area (Å²) in [7, 11) is 0. The van der Waals surface area contributed by atoms with Gasteiger partial charge in [-0.1, -0.05) is 81.7 Å². The van der Waals surface area contributed by atoms with Crippen molar-refractivity contribution in [2.75, 3.05) is 0 Å². The molecule has 212 valence electrons. The third-order valence-corrected chi connectivity index (χ3v) is 11.3. The van der Waals surface area contributed by atoms with Crippen LogP contribution in [0.15, 0.2) is 58.9 Å². The highest BCUT2D eigenvalue weighted by Crippen LogP contribution is 2.60. The predicted octanol–water partition coefficient (Wildman–Crippen LogP) is 7.47. The van der Waals surface area contributed by atoms with E-state index in [0.717, 1.165) is 32.1 Å². The molecule has 0 amide bonds. The van der Waals surface area contributed by atoms with E-state index in [1.165, 1.54) is 11.1 Å². The van der Waals surface area contributed by atoms with Crippen molar-refractivity contribution in [3.05, 3.63) is 58.9 Å². The molecule has 0 aromatic rings. The molecule has 1 fully saturated rings. The summed E-state index contributed by atoms with van der Waals surface area (Å²) in [5, 5.41) is 23.3. The minimum Gasteiger partial charge on any atom is -0.511 e. The number of hydrogen-bond donors (Lipinski definition) is 2. The molecule has 5 aliphatic carbocycles. The second-order valence-electron chi connectivity index (χ2n) is 13.6. The molecule has 0 aromatic heterocycles. The minimum atomic E-state index is -0.826. The Morgan fingerprint density at radius 3 is 2.49 bits per heavy atom. The molecule has 0 heterocycles. The van der Waals surface area contributed by atoms with Crippen LogP contribution in [-0.4, -0.2) is 27.9 Å². The SMILES string of the molecule is CCC[C@@H]1C(C)=C[C@]2(C)/C=C(\C)C/C=C/C[C@@H]3C=C[C@@H]4[C@@H](O)[C@@H](C)CC[C@H]4[C@]3(CC)C(=O)C3=C(O)C2C1C3=O. The third-order valence-electron chi connectivity index (χ3n) is 11.3. The lowest BCUT2D eigenvalue weighted by Gasteiger charge is -2.53. The average molecular weight is 533 g/mol. The fourth-order valence-electron chi connectivity index (χ4n) is 9.54. The van der Waals surface area contributed by atoms with Gasteiger partial charge >= 0.3 is 0 Å². The molecule has 39 heavy (non-hydrogen) atoms. The van der Waals surface area contributed by atoms with Gasteiger partial charge in [-0.3, -0.25) is 9.59 Å². The highest BCUT2D eigenvalue weighted by molar-refractivity contribution is 6.25. The van der Waals surface area contributed by atoms with Crippen LogP contribution in [0.5, 0.6) is 0 Å². The highest BCUT2D eigenvalue weighted by atomic mass is 16.3. The van der Waals surface area contributed by atoms with Crippen molar-refractivity contribution in [1.82, 2.24) is 0 Å². The molecule has 10 atom stereocenters. The molecule has 0 aliphatic heterocycles. The molecule has 4 heteroatoms. The molecule has 0 radical (unpaired) electrons. The zero-order valence-corrected chi connectivity index (χ0v) is 24.7. The summed E-state index contributed by atoms with van der Waals surface area (Å²) in [6.45, 7) is 12.7. The van der Waals surface area contributed by atoms with Gasteiger partial charge in [0.2, 0.25) is 0 Å². The van der Waals surface area contributed by atoms with E-state index in [9.17, 15) is 15.0 Å². The summed E-state index contributed by atoms with van der Waals surface area (Å²) in [4.78, 5) is 29.5. The largest absolute Gasteiger partial charge is 0.511 e. The summed E-state index contributed by atoms with van der Waals surface area (Å²) in [5.41, 5.74) is 1.10. The van der Waals surface area contributed by atoms with E-state index in [1.54, 1.807) is 0 Å². The van der Waals surface area contributed by atoms with Gasteiger partial charge in [0.15, 0.2) is 11.6 Å². The summed E-state index contributed by atoms with van der Waals surface area (Å²) >= 11 is 0. The van der Waals surface area contributed by atoms with Crippen molar-refractivity contribution in [3.63, 3.8) is 0 Å². The van der Waals surface area contributed by atoms with Gasteiger partial charge in [0.05, 0.1) is 11.7 Å². The number of allylic oxidation sites excluding steroid dienone is 9. The number of carbonyl (C=O) groups excluding carboxylic acids is 2. The van der Waals surface area contributed by atoms with Gasteiger partial charge in [-0.25, -0.2) is 0 Å². The maximum absolute atomic E-state index is 15.0. The summed E-state index contributed by atoms with van der Waals surface area (Å²) in [6, 6.07) is 0. The lowest BCUT2D eigenvalue weighted by atomic mass is 9.50. The summed E-state index contributed by atoms with van der Waals surface area (Å²) < 4.78 is 0. The highest BCUT2D eigenvalue weighted by Gasteiger charge is 2.62. The molecule has 5 aliphatic rings. The second-order valence-corrected chi connectivity index (χ2v) is 13.6. The zero-order valence-electron chi connectivity index (χ0n) is 24.7. The van der Waals surface area contributed by atoms with E-state index in [2.05, 4.69) is 78.0 Å². The second kappa shape index (κ2) is 10.3. The molecule has 0 aromatic carbocycles. The lowest BCUT2D eigenvalue weighted by Crippen LogP contribution is -2.54. The minimum absolute atomic E-state index is 0.0148. The van der Waals surface area contributed by atoms with Gasteiger partial charge in [0.1, 0.15) is 5.76 Å². The Morgan fingerprint density at radius 2 is 1.79 bits per heavy atom. The molecule has 0 spiro atoms. The van der Waals surface area contributed by atoms with Gasteiger partial charge < -0.3 is 10.2 Å². The van der Waals surface area contributed by atoms with Crippen LogP contribution in [-0.2, 0) is 9.59 Å². The lowest BCUT2D eigenvalue weighted by molar-refractivity contribution is -0.141. The van der Waals surface area contributed by atoms with Crippen LogP contribution in [0.4, 0.5) is 0 Å². The van der Waals surface area contributed by atoms with Crippen molar-refractivity contribution >= 4 is 11.6 Å². The predicted molar refractivity (Wildman–Crippen MR) is 156 cm³/mol. The fraction of sp³-hybridized carbons (Fsp3) is 0.657. The third kappa shape index (κ3) is 4.19. The topological polar surface area (TPSA) is 74.6 Å². The number of rotatable bonds is 3. The van der Waals surface area contributed by atoms with Gasteiger partial charge in [0.25, 0.3) is 0 Å². The van der Waals surface area contributed by atoms with Crippen LogP contribution in [0.2, 0.25) is 0 Å². The van der Waals surface area contributed by atoms with E-state index < -0.39 is 28.8 Å². The van der Waals surface area contributed by atoms with E-state index >= 15 is 4.79 Å². The molecule has 4 nitrogen and oxygen atoms in total. The van der Waals surface area contributed by atoms with Crippen molar-refractivity contribution in [3.8, 4) is 0 Å². The Balaban J connectivity index is 1.73. The Kier molecular flexibility index (Phi) is 7.50. The number of carbonyl (C=O) groups is 2. The Labute approximate surface area is 235 Å². The van der Waals surface area contributed by atoms with E-state index in [-0.39, 0.29) is 52.5 Å². The first kappa shape index (κ1) is 28.3. The number of ketones is 2. The van der Waals surface area contributed by atoms with Crippen molar-refractivity contribution in [2.45, 2.75) is 92.6 Å². The Morgan fingerprint density at radius 1 is 1.05 bits per heavy atom. The van der Waals surface area contributed by atoms with Crippen LogP contribution >= 0.6 is 0 Å². The average Bonchev–Trinajstić information content (AvgIpc) is 3.16. The number of fused-ring (bicyclic) bond motifs is 3. The van der Waals surface area contributed by atoms with Gasteiger partial charge in [-0.2, -0.15) is 0 Å². The van der Waals surface area contributed by atoms with Crippen LogP contribution in [0.25, 0.3) is 0 Å². The van der Waals surface area contributed by atoms with E-state index in [4.69, 9.17) is 0 Å². The van der Waals surface area contributed by atoms with Gasteiger partial charge in [-0.05, 0) is 76.0 Å². The van der Waals surface area contributed by atoms with Crippen LogP contribution in [0.3, 0.4) is 0 Å². The normalized spacial score (nSPS) is 46.2. The smallest absolute Gasteiger partial charge is 0.176 e. The van der Waals surface area contributed by atoms with Gasteiger partial charge in [0, 0.05) is 28.6 Å². The first-order valence-electron chi connectivity index (χ1n) is 15.4. The number of Topliss-reactive ketones (excluding diaryl/α,β-unsaturated/α-hetero) is 2. The maximum atomic E-state index is 15.0. The fourth-order valence-corrected chi connectivity index (χ4v) is 9.54. The molecule has 2 N–H and O–H groups in total. The molecule has 0 saturated heterocycles. The zero-order chi connectivity index (χ0) is 28.3. The summed E-state index contributed by atoms with van der Waals surface area (Å²) in [6.07, 6.45) is 18.3. The number of aliphatic hydroxyl groups excluding tert-OH is 2. The van der Waals surface area contributed by atoms with Crippen LogP contribution < -0.4 is 0 Å². The van der Waals surface area contributed by atoms with Crippen molar-refractivity contribution in [2.24, 2.45) is 52.3 Å². The van der Waals surface area contributed by atoms with Gasteiger partial charge in [-0.15, -0.1) is 0 Å². The Hall–Kier alpha value is -2.20. The molecule has 1 saturated carbocycles.